The molecule has 0 spiro atoms. The second-order valence-corrected chi connectivity index (χ2v) is 7.18. The highest BCUT2D eigenvalue weighted by atomic mass is 16.6. The number of hydrogen-bond donors (Lipinski definition) is 0. The number of carbonyl (C=O) groups excluding carboxylic acids is 1. The van der Waals surface area contributed by atoms with Crippen molar-refractivity contribution in [2.45, 2.75) is 27.4 Å². The van der Waals surface area contributed by atoms with Gasteiger partial charge in [0.1, 0.15) is 12.3 Å². The molecule has 0 unspecified atom stereocenters. The molecule has 4 heterocycles. The van der Waals surface area contributed by atoms with Crippen molar-refractivity contribution in [1.82, 2.24) is 24.1 Å². The monoisotopic (exact) mass is 407 g/mol. The average Bonchev–Trinajstić information content (AvgIpc) is 3.01. The van der Waals surface area contributed by atoms with E-state index in [1.165, 1.54) is 10.5 Å². The van der Waals surface area contributed by atoms with Gasteiger partial charge in [0.05, 0.1) is 11.1 Å². The summed E-state index contributed by atoms with van der Waals surface area (Å²) >= 11 is 0. The number of rotatable bonds is 5. The zero-order valence-electron chi connectivity index (χ0n) is 17.2. The summed E-state index contributed by atoms with van der Waals surface area (Å²) in [6.45, 7) is 5.31. The lowest BCUT2D eigenvalue weighted by molar-refractivity contribution is -0.147. The van der Waals surface area contributed by atoms with Crippen molar-refractivity contribution in [3.05, 3.63) is 63.3 Å². The first-order chi connectivity index (χ1) is 14.3. The van der Waals surface area contributed by atoms with E-state index in [-0.39, 0.29) is 18.8 Å². The molecule has 0 aliphatic heterocycles. The van der Waals surface area contributed by atoms with Crippen molar-refractivity contribution in [3.63, 3.8) is 0 Å². The van der Waals surface area contributed by atoms with Gasteiger partial charge in [0.2, 0.25) is 5.88 Å². The fraction of sp³-hybridized carbons (Fsp3) is 0.286. The Morgan fingerprint density at radius 1 is 1.13 bits per heavy atom. The van der Waals surface area contributed by atoms with Gasteiger partial charge < -0.3 is 9.47 Å². The second-order valence-electron chi connectivity index (χ2n) is 7.18. The van der Waals surface area contributed by atoms with Crippen molar-refractivity contribution in [2.24, 2.45) is 7.05 Å². The predicted molar refractivity (Wildman–Crippen MR) is 109 cm³/mol. The van der Waals surface area contributed by atoms with E-state index in [1.54, 1.807) is 24.0 Å². The molecule has 4 aromatic heterocycles. The fourth-order valence-corrected chi connectivity index (χ4v) is 3.31. The maximum Gasteiger partial charge on any atom is 0.344 e. The Kier molecular flexibility index (Phi) is 4.94. The third-order valence-corrected chi connectivity index (χ3v) is 4.66. The summed E-state index contributed by atoms with van der Waals surface area (Å²) in [7, 11) is 1.77. The zero-order valence-corrected chi connectivity index (χ0v) is 17.2. The van der Waals surface area contributed by atoms with E-state index in [9.17, 15) is 9.59 Å². The maximum atomic E-state index is 12.2. The summed E-state index contributed by atoms with van der Waals surface area (Å²) in [4.78, 5) is 33.2. The summed E-state index contributed by atoms with van der Waals surface area (Å²) in [5, 5.41) is 5.06. The summed E-state index contributed by atoms with van der Waals surface area (Å²) in [6, 6.07) is 6.89. The van der Waals surface area contributed by atoms with Gasteiger partial charge in [-0.3, -0.25) is 9.20 Å². The van der Waals surface area contributed by atoms with Crippen LogP contribution in [0.5, 0.6) is 5.88 Å². The van der Waals surface area contributed by atoms with E-state index in [4.69, 9.17) is 9.47 Å². The van der Waals surface area contributed by atoms with Crippen molar-refractivity contribution in [2.75, 3.05) is 6.61 Å². The van der Waals surface area contributed by atoms with Crippen LogP contribution in [0.2, 0.25) is 0 Å². The maximum absolute atomic E-state index is 12.2. The Labute approximate surface area is 171 Å². The molecule has 9 heteroatoms. The molecule has 154 valence electrons. The third kappa shape index (κ3) is 3.73. The molecule has 0 saturated heterocycles. The molecule has 4 rings (SSSR count). The number of nitrogens with zero attached hydrogens (tertiary/aromatic N) is 5. The van der Waals surface area contributed by atoms with Crippen molar-refractivity contribution in [1.29, 1.82) is 0 Å². The van der Waals surface area contributed by atoms with Crippen LogP contribution in [0.15, 0.2) is 35.3 Å². The largest absolute Gasteiger partial charge is 0.464 e. The van der Waals surface area contributed by atoms with E-state index in [0.717, 1.165) is 22.2 Å². The van der Waals surface area contributed by atoms with Crippen molar-refractivity contribution < 1.29 is 14.3 Å². The van der Waals surface area contributed by atoms with Crippen LogP contribution in [0.4, 0.5) is 0 Å². The fourth-order valence-electron chi connectivity index (χ4n) is 3.31. The molecular weight excluding hydrogens is 386 g/mol. The standard InChI is InChI=1S/C21H21N5O4/c1-12-5-6-16-23-15(8-17(27)26(16)9-12)10-29-18(28)11-30-21-19-13(2)7-14(3)22-20(19)25(4)24-21/h5-9H,10-11H2,1-4H3. The molecule has 0 fully saturated rings. The molecule has 0 amide bonds. The minimum Gasteiger partial charge on any atom is -0.464 e. The summed E-state index contributed by atoms with van der Waals surface area (Å²) in [5.41, 5.74) is 4.11. The molecule has 0 atom stereocenters. The molecule has 0 radical (unpaired) electrons. The molecular formula is C21H21N5O4. The van der Waals surface area contributed by atoms with Gasteiger partial charge in [0.25, 0.3) is 5.56 Å². The minimum absolute atomic E-state index is 0.120. The first-order valence-corrected chi connectivity index (χ1v) is 9.40. The van der Waals surface area contributed by atoms with Crippen LogP contribution in [0.3, 0.4) is 0 Å². The Balaban J connectivity index is 1.44. The number of hydrogen-bond acceptors (Lipinski definition) is 7. The van der Waals surface area contributed by atoms with E-state index in [0.29, 0.717) is 22.9 Å². The van der Waals surface area contributed by atoms with Gasteiger partial charge in [-0.05, 0) is 44.0 Å². The molecule has 0 N–H and O–H groups in total. The van der Waals surface area contributed by atoms with Gasteiger partial charge in [-0.1, -0.05) is 6.07 Å². The topological polar surface area (TPSA) is 101 Å². The Bertz CT molecular complexity index is 1340. The van der Waals surface area contributed by atoms with Crippen molar-refractivity contribution >= 4 is 22.6 Å². The first kappa shape index (κ1) is 19.6. The summed E-state index contributed by atoms with van der Waals surface area (Å²) in [6.07, 6.45) is 1.71. The smallest absolute Gasteiger partial charge is 0.344 e. The van der Waals surface area contributed by atoms with Crippen molar-refractivity contribution in [3.8, 4) is 5.88 Å². The van der Waals surface area contributed by atoms with E-state index in [2.05, 4.69) is 15.1 Å². The van der Waals surface area contributed by atoms with E-state index in [1.807, 2.05) is 32.9 Å². The molecule has 30 heavy (non-hydrogen) atoms. The predicted octanol–water partition coefficient (Wildman–Crippen LogP) is 2.02. The first-order valence-electron chi connectivity index (χ1n) is 9.40. The Morgan fingerprint density at radius 3 is 2.73 bits per heavy atom. The summed E-state index contributed by atoms with van der Waals surface area (Å²) in [5.74, 6) is -0.260. The van der Waals surface area contributed by atoms with E-state index < -0.39 is 5.97 Å². The molecule has 9 nitrogen and oxygen atoms in total. The third-order valence-electron chi connectivity index (χ3n) is 4.66. The van der Waals surface area contributed by atoms with Gasteiger partial charge in [-0.2, -0.15) is 0 Å². The van der Waals surface area contributed by atoms with Crippen LogP contribution in [0, 0.1) is 20.8 Å². The van der Waals surface area contributed by atoms with Crippen LogP contribution in [-0.2, 0) is 23.2 Å². The summed E-state index contributed by atoms with van der Waals surface area (Å²) < 4.78 is 13.9. The van der Waals surface area contributed by atoms with Crippen LogP contribution in [0.1, 0.15) is 22.5 Å². The number of pyridine rings is 2. The number of fused-ring (bicyclic) bond motifs is 2. The van der Waals surface area contributed by atoms with Gasteiger partial charge in [0, 0.05) is 25.0 Å². The molecule has 0 aliphatic carbocycles. The highest BCUT2D eigenvalue weighted by molar-refractivity contribution is 5.85. The Morgan fingerprint density at radius 2 is 1.93 bits per heavy atom. The van der Waals surface area contributed by atoms with Crippen LogP contribution < -0.4 is 10.3 Å². The number of esters is 1. The van der Waals surface area contributed by atoms with Gasteiger partial charge in [-0.15, -0.1) is 5.10 Å². The number of aromatic nitrogens is 5. The highest BCUT2D eigenvalue weighted by Gasteiger charge is 2.16. The lowest BCUT2D eigenvalue weighted by atomic mass is 10.2. The molecule has 0 bridgehead atoms. The SMILES string of the molecule is Cc1ccc2nc(COC(=O)COc3nn(C)c4nc(C)cc(C)c34)cc(=O)n2c1. The molecule has 0 aromatic carbocycles. The normalized spacial score (nSPS) is 11.2. The second kappa shape index (κ2) is 7.58. The minimum atomic E-state index is -0.586. The number of ether oxygens (including phenoxy) is 2. The number of aryl methyl sites for hydroxylation is 4. The molecule has 0 saturated carbocycles. The van der Waals surface area contributed by atoms with Gasteiger partial charge in [-0.25, -0.2) is 19.4 Å². The average molecular weight is 407 g/mol. The molecule has 4 aromatic rings. The van der Waals surface area contributed by atoms with E-state index >= 15 is 0 Å². The van der Waals surface area contributed by atoms with Crippen LogP contribution in [-0.4, -0.2) is 36.7 Å². The van der Waals surface area contributed by atoms with Gasteiger partial charge >= 0.3 is 5.97 Å². The molecule has 0 aliphatic rings. The number of carbonyl (C=O) groups is 1. The zero-order chi connectivity index (χ0) is 21.4. The van der Waals surface area contributed by atoms with Crippen LogP contribution in [0.25, 0.3) is 16.7 Å². The Hall–Kier alpha value is -3.75. The highest BCUT2D eigenvalue weighted by Crippen LogP contribution is 2.27. The lowest BCUT2D eigenvalue weighted by Crippen LogP contribution is -2.19. The quantitative estimate of drug-likeness (QED) is 0.467. The van der Waals surface area contributed by atoms with Gasteiger partial charge in [0.15, 0.2) is 12.3 Å². The van der Waals surface area contributed by atoms with Crippen LogP contribution >= 0.6 is 0 Å². The lowest BCUT2D eigenvalue weighted by Gasteiger charge is -2.07.